The summed E-state index contributed by atoms with van der Waals surface area (Å²) in [6.45, 7) is 4.39. The van der Waals surface area contributed by atoms with Gasteiger partial charge in [-0.1, -0.05) is 12.1 Å². The fourth-order valence-corrected chi connectivity index (χ4v) is 3.27. The van der Waals surface area contributed by atoms with Crippen molar-refractivity contribution in [2.75, 3.05) is 45.3 Å². The molecule has 2 aromatic carbocycles. The standard InChI is InChI=1S/C19H23N3O4/c1-25-18-5-3-4-15(19(18)26-2)14-20-10-12-21(13-11-20)16-6-8-17(9-7-16)22(23)24/h3-9H,10-14H2,1-2H3. The van der Waals surface area contributed by atoms with Crippen LogP contribution in [0.3, 0.4) is 0 Å². The van der Waals surface area contributed by atoms with E-state index < -0.39 is 0 Å². The first-order valence-electron chi connectivity index (χ1n) is 8.54. The Morgan fingerprint density at radius 2 is 1.69 bits per heavy atom. The minimum absolute atomic E-state index is 0.123. The number of anilines is 1. The van der Waals surface area contributed by atoms with Crippen LogP contribution in [0, 0.1) is 10.1 Å². The zero-order valence-corrected chi connectivity index (χ0v) is 15.1. The Morgan fingerprint density at radius 1 is 1.00 bits per heavy atom. The minimum Gasteiger partial charge on any atom is -0.493 e. The number of para-hydroxylation sites is 1. The van der Waals surface area contributed by atoms with Gasteiger partial charge >= 0.3 is 0 Å². The summed E-state index contributed by atoms with van der Waals surface area (Å²) in [5.41, 5.74) is 2.25. The molecule has 0 spiro atoms. The number of ether oxygens (including phenoxy) is 2. The molecule has 0 atom stereocenters. The van der Waals surface area contributed by atoms with Crippen molar-refractivity contribution in [3.8, 4) is 11.5 Å². The van der Waals surface area contributed by atoms with E-state index in [0.29, 0.717) is 0 Å². The summed E-state index contributed by atoms with van der Waals surface area (Å²) in [6.07, 6.45) is 0. The topological polar surface area (TPSA) is 68.1 Å². The van der Waals surface area contributed by atoms with Gasteiger partial charge in [0.15, 0.2) is 11.5 Å². The van der Waals surface area contributed by atoms with Crippen molar-refractivity contribution in [1.82, 2.24) is 4.90 Å². The van der Waals surface area contributed by atoms with E-state index in [-0.39, 0.29) is 10.6 Å². The molecule has 0 aromatic heterocycles. The second kappa shape index (κ2) is 8.05. The van der Waals surface area contributed by atoms with Crippen molar-refractivity contribution in [1.29, 1.82) is 0 Å². The van der Waals surface area contributed by atoms with E-state index in [1.54, 1.807) is 26.4 Å². The van der Waals surface area contributed by atoms with Gasteiger partial charge in [-0.25, -0.2) is 0 Å². The molecule has 1 aliphatic heterocycles. The molecule has 0 amide bonds. The summed E-state index contributed by atoms with van der Waals surface area (Å²) >= 11 is 0. The molecule has 1 heterocycles. The van der Waals surface area contributed by atoms with E-state index in [4.69, 9.17) is 9.47 Å². The number of methoxy groups -OCH3 is 2. The molecule has 26 heavy (non-hydrogen) atoms. The molecule has 1 saturated heterocycles. The van der Waals surface area contributed by atoms with Gasteiger partial charge in [0.05, 0.1) is 19.1 Å². The highest BCUT2D eigenvalue weighted by molar-refractivity contribution is 5.51. The zero-order chi connectivity index (χ0) is 18.5. The molecule has 0 N–H and O–H groups in total. The van der Waals surface area contributed by atoms with Crippen LogP contribution in [0.5, 0.6) is 11.5 Å². The molecular weight excluding hydrogens is 334 g/mol. The van der Waals surface area contributed by atoms with Gasteiger partial charge in [-0.3, -0.25) is 15.0 Å². The number of piperazine rings is 1. The maximum atomic E-state index is 10.8. The van der Waals surface area contributed by atoms with Crippen LogP contribution in [0.15, 0.2) is 42.5 Å². The van der Waals surface area contributed by atoms with Crippen molar-refractivity contribution >= 4 is 11.4 Å². The maximum absolute atomic E-state index is 10.8. The molecule has 0 unspecified atom stereocenters. The van der Waals surface area contributed by atoms with Crippen LogP contribution in [-0.2, 0) is 6.54 Å². The smallest absolute Gasteiger partial charge is 0.269 e. The molecule has 0 radical (unpaired) electrons. The second-order valence-corrected chi connectivity index (χ2v) is 6.19. The third-order valence-corrected chi connectivity index (χ3v) is 4.68. The van der Waals surface area contributed by atoms with Crippen LogP contribution >= 0.6 is 0 Å². The summed E-state index contributed by atoms with van der Waals surface area (Å²) < 4.78 is 10.9. The Kier molecular flexibility index (Phi) is 5.58. The quantitative estimate of drug-likeness (QED) is 0.585. The molecule has 0 saturated carbocycles. The van der Waals surface area contributed by atoms with Crippen molar-refractivity contribution in [3.63, 3.8) is 0 Å². The molecule has 1 fully saturated rings. The summed E-state index contributed by atoms with van der Waals surface area (Å²) in [5, 5.41) is 10.8. The van der Waals surface area contributed by atoms with Crippen LogP contribution in [0.1, 0.15) is 5.56 Å². The van der Waals surface area contributed by atoms with Gasteiger partial charge in [0.25, 0.3) is 5.69 Å². The van der Waals surface area contributed by atoms with Crippen molar-refractivity contribution in [2.45, 2.75) is 6.54 Å². The third kappa shape index (κ3) is 3.88. The Balaban J connectivity index is 1.61. The van der Waals surface area contributed by atoms with Gasteiger partial charge in [-0.05, 0) is 18.2 Å². The SMILES string of the molecule is COc1cccc(CN2CCN(c3ccc([N+](=O)[O-])cc3)CC2)c1OC. The van der Waals surface area contributed by atoms with E-state index in [1.807, 2.05) is 24.3 Å². The van der Waals surface area contributed by atoms with Crippen LogP contribution in [0.2, 0.25) is 0 Å². The molecule has 2 aromatic rings. The van der Waals surface area contributed by atoms with Crippen molar-refractivity contribution < 1.29 is 14.4 Å². The number of nitrogens with zero attached hydrogens (tertiary/aromatic N) is 3. The molecule has 0 aliphatic carbocycles. The van der Waals surface area contributed by atoms with E-state index in [2.05, 4.69) is 15.9 Å². The Morgan fingerprint density at radius 3 is 2.27 bits per heavy atom. The number of hydrogen-bond acceptors (Lipinski definition) is 6. The molecule has 7 heteroatoms. The predicted octanol–water partition coefficient (Wildman–Crippen LogP) is 2.93. The van der Waals surface area contributed by atoms with Crippen LogP contribution < -0.4 is 14.4 Å². The lowest BCUT2D eigenvalue weighted by Gasteiger charge is -2.36. The summed E-state index contributed by atoms with van der Waals surface area (Å²) in [6, 6.07) is 12.7. The average molecular weight is 357 g/mol. The molecule has 1 aliphatic rings. The van der Waals surface area contributed by atoms with Gasteiger partial charge in [0, 0.05) is 56.1 Å². The Bertz CT molecular complexity index is 756. The highest BCUT2D eigenvalue weighted by Crippen LogP contribution is 2.31. The van der Waals surface area contributed by atoms with E-state index in [1.165, 1.54) is 0 Å². The molecule has 3 rings (SSSR count). The summed E-state index contributed by atoms with van der Waals surface area (Å²) in [4.78, 5) is 15.0. The normalized spacial score (nSPS) is 14.9. The fourth-order valence-electron chi connectivity index (χ4n) is 3.27. The number of nitro benzene ring substituents is 1. The third-order valence-electron chi connectivity index (χ3n) is 4.68. The lowest BCUT2D eigenvalue weighted by Crippen LogP contribution is -2.46. The van der Waals surface area contributed by atoms with Gasteiger partial charge in [-0.2, -0.15) is 0 Å². The molecule has 7 nitrogen and oxygen atoms in total. The van der Waals surface area contributed by atoms with Crippen LogP contribution in [-0.4, -0.2) is 50.2 Å². The van der Waals surface area contributed by atoms with Crippen molar-refractivity contribution in [2.24, 2.45) is 0 Å². The number of non-ortho nitro benzene ring substituents is 1. The van der Waals surface area contributed by atoms with Crippen LogP contribution in [0.25, 0.3) is 0 Å². The maximum Gasteiger partial charge on any atom is 0.269 e. The van der Waals surface area contributed by atoms with Gasteiger partial charge in [-0.15, -0.1) is 0 Å². The van der Waals surface area contributed by atoms with E-state index >= 15 is 0 Å². The van der Waals surface area contributed by atoms with Crippen molar-refractivity contribution in [3.05, 3.63) is 58.1 Å². The number of benzene rings is 2. The molecular formula is C19H23N3O4. The number of rotatable bonds is 6. The van der Waals surface area contributed by atoms with E-state index in [9.17, 15) is 10.1 Å². The highest BCUT2D eigenvalue weighted by atomic mass is 16.6. The van der Waals surface area contributed by atoms with Gasteiger partial charge in [0.2, 0.25) is 0 Å². The van der Waals surface area contributed by atoms with Crippen LogP contribution in [0.4, 0.5) is 11.4 Å². The van der Waals surface area contributed by atoms with Gasteiger partial charge < -0.3 is 14.4 Å². The zero-order valence-electron chi connectivity index (χ0n) is 15.1. The minimum atomic E-state index is -0.372. The fraction of sp³-hybridized carbons (Fsp3) is 0.368. The largest absolute Gasteiger partial charge is 0.493 e. The average Bonchev–Trinajstić information content (AvgIpc) is 2.68. The molecule has 138 valence electrons. The lowest BCUT2D eigenvalue weighted by molar-refractivity contribution is -0.384. The monoisotopic (exact) mass is 357 g/mol. The number of hydrogen-bond donors (Lipinski definition) is 0. The number of nitro groups is 1. The first-order chi connectivity index (χ1) is 12.6. The van der Waals surface area contributed by atoms with E-state index in [0.717, 1.165) is 55.5 Å². The molecule has 0 bridgehead atoms. The second-order valence-electron chi connectivity index (χ2n) is 6.19. The summed E-state index contributed by atoms with van der Waals surface area (Å²) in [5.74, 6) is 1.53. The summed E-state index contributed by atoms with van der Waals surface area (Å²) in [7, 11) is 3.30. The lowest BCUT2D eigenvalue weighted by atomic mass is 10.1. The Hall–Kier alpha value is -2.80. The van der Waals surface area contributed by atoms with Gasteiger partial charge in [0.1, 0.15) is 0 Å². The first-order valence-corrected chi connectivity index (χ1v) is 8.54. The Labute approximate surface area is 152 Å². The predicted molar refractivity (Wildman–Crippen MR) is 100 cm³/mol. The highest BCUT2D eigenvalue weighted by Gasteiger charge is 2.20. The first kappa shape index (κ1) is 18.0.